The molecule has 0 saturated heterocycles. The van der Waals surface area contributed by atoms with Crippen LogP contribution >= 0.6 is 0 Å². The predicted octanol–water partition coefficient (Wildman–Crippen LogP) is 1.81. The van der Waals surface area contributed by atoms with Gasteiger partial charge in [-0.05, 0) is 37.3 Å². The van der Waals surface area contributed by atoms with Gasteiger partial charge in [0, 0.05) is 23.9 Å². The number of benzene rings is 1. The molecule has 1 aromatic carbocycles. The smallest absolute Gasteiger partial charge is 0.354 e. The first-order valence-corrected chi connectivity index (χ1v) is 6.63. The summed E-state index contributed by atoms with van der Waals surface area (Å²) in [5.74, 6) is -1.39. The fourth-order valence-electron chi connectivity index (χ4n) is 1.91. The standard InChI is InChI=1S/C15H15N3O4/c1-10(19)11-2-4-12(5-3-11)17-14(20)7-9-18-13(15(21)22)6-8-16-18/h2-6,8H,7,9H2,1H3,(H,17,20)(H,21,22). The number of carboxylic acid groups (broad SMARTS) is 1. The lowest BCUT2D eigenvalue weighted by molar-refractivity contribution is -0.116. The van der Waals surface area contributed by atoms with Gasteiger partial charge in [0.05, 0.1) is 6.54 Å². The van der Waals surface area contributed by atoms with Gasteiger partial charge in [0.25, 0.3) is 0 Å². The van der Waals surface area contributed by atoms with Crippen molar-refractivity contribution >= 4 is 23.3 Å². The van der Waals surface area contributed by atoms with Gasteiger partial charge in [-0.25, -0.2) is 4.79 Å². The predicted molar refractivity (Wildman–Crippen MR) is 78.9 cm³/mol. The van der Waals surface area contributed by atoms with Crippen LogP contribution in [0.5, 0.6) is 0 Å². The van der Waals surface area contributed by atoms with Crippen molar-refractivity contribution in [3.8, 4) is 0 Å². The number of hydrogen-bond acceptors (Lipinski definition) is 4. The molecule has 2 rings (SSSR count). The summed E-state index contributed by atoms with van der Waals surface area (Å²) in [5.41, 5.74) is 1.19. The number of aryl methyl sites for hydroxylation is 1. The Kier molecular flexibility index (Phi) is 4.67. The maximum Gasteiger partial charge on any atom is 0.354 e. The van der Waals surface area contributed by atoms with Gasteiger partial charge in [-0.1, -0.05) is 0 Å². The Bertz CT molecular complexity index is 704. The van der Waals surface area contributed by atoms with E-state index in [1.165, 1.54) is 23.9 Å². The molecular weight excluding hydrogens is 286 g/mol. The molecule has 0 fully saturated rings. The number of amides is 1. The van der Waals surface area contributed by atoms with E-state index in [1.807, 2.05) is 0 Å². The van der Waals surface area contributed by atoms with Crippen molar-refractivity contribution in [2.24, 2.45) is 0 Å². The van der Waals surface area contributed by atoms with E-state index in [-0.39, 0.29) is 30.3 Å². The van der Waals surface area contributed by atoms with Crippen molar-refractivity contribution in [1.82, 2.24) is 9.78 Å². The number of aromatic carboxylic acids is 1. The number of aromatic nitrogens is 2. The third-order valence-corrected chi connectivity index (χ3v) is 3.06. The topological polar surface area (TPSA) is 101 Å². The highest BCUT2D eigenvalue weighted by atomic mass is 16.4. The average Bonchev–Trinajstić information content (AvgIpc) is 2.94. The quantitative estimate of drug-likeness (QED) is 0.792. The molecular formula is C15H15N3O4. The maximum atomic E-state index is 11.8. The number of Topliss-reactive ketones (excluding diaryl/α,β-unsaturated/α-hetero) is 1. The molecule has 1 aromatic heterocycles. The minimum atomic E-state index is -1.09. The van der Waals surface area contributed by atoms with Gasteiger partial charge in [0.2, 0.25) is 5.91 Å². The molecule has 0 unspecified atom stereocenters. The molecule has 1 amide bonds. The summed E-state index contributed by atoms with van der Waals surface area (Å²) >= 11 is 0. The molecule has 2 N–H and O–H groups in total. The molecule has 0 aliphatic rings. The summed E-state index contributed by atoms with van der Waals surface area (Å²) < 4.78 is 1.26. The number of nitrogens with one attached hydrogen (secondary N) is 1. The molecule has 0 radical (unpaired) electrons. The number of nitrogens with zero attached hydrogens (tertiary/aromatic N) is 2. The highest BCUT2D eigenvalue weighted by Gasteiger charge is 2.11. The lowest BCUT2D eigenvalue weighted by Crippen LogP contribution is -2.17. The number of ketones is 1. The Balaban J connectivity index is 1.91. The monoisotopic (exact) mass is 301 g/mol. The largest absolute Gasteiger partial charge is 0.477 e. The molecule has 7 nitrogen and oxygen atoms in total. The highest BCUT2D eigenvalue weighted by molar-refractivity contribution is 5.95. The molecule has 1 heterocycles. The van der Waals surface area contributed by atoms with E-state index in [0.29, 0.717) is 11.3 Å². The van der Waals surface area contributed by atoms with Crippen molar-refractivity contribution in [2.45, 2.75) is 19.9 Å². The normalized spacial score (nSPS) is 10.2. The van der Waals surface area contributed by atoms with E-state index >= 15 is 0 Å². The third kappa shape index (κ3) is 3.78. The molecule has 0 bridgehead atoms. The second kappa shape index (κ2) is 6.66. The summed E-state index contributed by atoms with van der Waals surface area (Å²) in [6.45, 7) is 1.64. The SMILES string of the molecule is CC(=O)c1ccc(NC(=O)CCn2nccc2C(=O)O)cc1. The number of rotatable bonds is 6. The second-order valence-corrected chi connectivity index (χ2v) is 4.68. The molecule has 7 heteroatoms. The summed E-state index contributed by atoms with van der Waals surface area (Å²) in [7, 11) is 0. The van der Waals surface area contributed by atoms with Crippen LogP contribution in [-0.2, 0) is 11.3 Å². The average molecular weight is 301 g/mol. The van der Waals surface area contributed by atoms with Gasteiger partial charge in [-0.15, -0.1) is 0 Å². The van der Waals surface area contributed by atoms with E-state index in [9.17, 15) is 14.4 Å². The Labute approximate surface area is 126 Å². The Morgan fingerprint density at radius 2 is 1.86 bits per heavy atom. The van der Waals surface area contributed by atoms with Crippen LogP contribution in [0.25, 0.3) is 0 Å². The number of anilines is 1. The van der Waals surface area contributed by atoms with Crippen molar-refractivity contribution in [3.63, 3.8) is 0 Å². The van der Waals surface area contributed by atoms with Gasteiger partial charge in [-0.3, -0.25) is 14.3 Å². The molecule has 2 aromatic rings. The minimum absolute atomic E-state index is 0.0404. The zero-order valence-electron chi connectivity index (χ0n) is 11.9. The highest BCUT2D eigenvalue weighted by Crippen LogP contribution is 2.10. The zero-order chi connectivity index (χ0) is 16.1. The number of carbonyl (C=O) groups excluding carboxylic acids is 2. The van der Waals surface area contributed by atoms with E-state index in [4.69, 9.17) is 5.11 Å². The summed E-state index contributed by atoms with van der Waals surface area (Å²) in [4.78, 5) is 33.9. The Hall–Kier alpha value is -2.96. The van der Waals surface area contributed by atoms with Gasteiger partial charge in [-0.2, -0.15) is 5.10 Å². The first kappa shape index (κ1) is 15.4. The van der Waals surface area contributed by atoms with Crippen LogP contribution in [0.3, 0.4) is 0 Å². The van der Waals surface area contributed by atoms with Gasteiger partial charge in [0.15, 0.2) is 5.78 Å². The van der Waals surface area contributed by atoms with Crippen molar-refractivity contribution in [2.75, 3.05) is 5.32 Å². The Morgan fingerprint density at radius 3 is 2.45 bits per heavy atom. The van der Waals surface area contributed by atoms with E-state index < -0.39 is 5.97 Å². The summed E-state index contributed by atoms with van der Waals surface area (Å²) in [6.07, 6.45) is 1.47. The van der Waals surface area contributed by atoms with E-state index in [2.05, 4.69) is 10.4 Å². The molecule has 22 heavy (non-hydrogen) atoms. The number of hydrogen-bond donors (Lipinski definition) is 2. The maximum absolute atomic E-state index is 11.8. The van der Waals surface area contributed by atoms with Crippen LogP contribution in [0.2, 0.25) is 0 Å². The zero-order valence-corrected chi connectivity index (χ0v) is 11.9. The van der Waals surface area contributed by atoms with Gasteiger partial charge in [0.1, 0.15) is 5.69 Å². The van der Waals surface area contributed by atoms with E-state index in [1.54, 1.807) is 24.3 Å². The number of carbonyl (C=O) groups is 3. The van der Waals surface area contributed by atoms with Crippen LogP contribution in [0.15, 0.2) is 36.5 Å². The van der Waals surface area contributed by atoms with E-state index in [0.717, 1.165) is 0 Å². The fraction of sp³-hybridized carbons (Fsp3) is 0.200. The first-order chi connectivity index (χ1) is 10.5. The first-order valence-electron chi connectivity index (χ1n) is 6.63. The van der Waals surface area contributed by atoms with Crippen LogP contribution in [0.4, 0.5) is 5.69 Å². The minimum Gasteiger partial charge on any atom is -0.477 e. The van der Waals surface area contributed by atoms with Gasteiger partial charge >= 0.3 is 5.97 Å². The Morgan fingerprint density at radius 1 is 1.18 bits per heavy atom. The van der Waals surface area contributed by atoms with Crippen molar-refractivity contribution in [3.05, 3.63) is 47.8 Å². The van der Waals surface area contributed by atoms with Crippen molar-refractivity contribution < 1.29 is 19.5 Å². The summed E-state index contributed by atoms with van der Waals surface area (Å²) in [5, 5.41) is 15.5. The lowest BCUT2D eigenvalue weighted by atomic mass is 10.1. The van der Waals surface area contributed by atoms with Crippen LogP contribution < -0.4 is 5.32 Å². The second-order valence-electron chi connectivity index (χ2n) is 4.68. The van der Waals surface area contributed by atoms with Gasteiger partial charge < -0.3 is 10.4 Å². The lowest BCUT2D eigenvalue weighted by Gasteiger charge is -2.07. The van der Waals surface area contributed by atoms with Crippen LogP contribution in [-0.4, -0.2) is 32.5 Å². The molecule has 0 aliphatic carbocycles. The molecule has 0 atom stereocenters. The third-order valence-electron chi connectivity index (χ3n) is 3.06. The summed E-state index contributed by atoms with van der Waals surface area (Å²) in [6, 6.07) is 7.93. The van der Waals surface area contributed by atoms with Crippen molar-refractivity contribution in [1.29, 1.82) is 0 Å². The molecule has 0 saturated carbocycles. The molecule has 114 valence electrons. The fourth-order valence-corrected chi connectivity index (χ4v) is 1.91. The molecule has 0 spiro atoms. The van der Waals surface area contributed by atoms with Crippen LogP contribution in [0, 0.1) is 0 Å². The van der Waals surface area contributed by atoms with Crippen LogP contribution in [0.1, 0.15) is 34.2 Å². The molecule has 0 aliphatic heterocycles. The number of carboxylic acids is 1.